The van der Waals surface area contributed by atoms with Crippen molar-refractivity contribution in [1.82, 2.24) is 9.78 Å². The molecule has 0 amide bonds. The van der Waals surface area contributed by atoms with Crippen molar-refractivity contribution < 1.29 is 9.53 Å². The Kier molecular flexibility index (Phi) is 4.36. The zero-order valence-corrected chi connectivity index (χ0v) is 14.0. The highest BCUT2D eigenvalue weighted by atomic mass is 35.5. The van der Waals surface area contributed by atoms with Crippen LogP contribution >= 0.6 is 11.6 Å². The minimum atomic E-state index is -0.475. The Morgan fingerprint density at radius 2 is 1.88 bits per heavy atom. The molecule has 2 aromatic carbocycles. The molecule has 3 aromatic rings. The topological polar surface area (TPSA) is 61.2 Å². The molecule has 0 aliphatic carbocycles. The molecule has 0 bridgehead atoms. The molecule has 0 saturated carbocycles. The van der Waals surface area contributed by atoms with Crippen LogP contribution in [0.15, 0.2) is 47.4 Å². The van der Waals surface area contributed by atoms with Crippen LogP contribution < -0.4 is 10.2 Å². The number of carbonyl (C=O) groups is 1. The average Bonchev–Trinajstić information content (AvgIpc) is 2.55. The number of hydrogen-bond donors (Lipinski definition) is 0. The Hall–Kier alpha value is -2.66. The maximum Gasteiger partial charge on any atom is 0.333 e. The van der Waals surface area contributed by atoms with Crippen molar-refractivity contribution in [1.29, 1.82) is 0 Å². The van der Waals surface area contributed by atoms with Gasteiger partial charge in [-0.2, -0.15) is 5.10 Å². The van der Waals surface area contributed by atoms with Gasteiger partial charge in [0.1, 0.15) is 12.3 Å². The van der Waals surface area contributed by atoms with Gasteiger partial charge in [0.25, 0.3) is 0 Å². The van der Waals surface area contributed by atoms with Gasteiger partial charge in [0, 0.05) is 10.4 Å². The molecular weight excluding hydrogens is 328 g/mol. The summed E-state index contributed by atoms with van der Waals surface area (Å²) < 4.78 is 6.83. The molecule has 24 heavy (non-hydrogen) atoms. The van der Waals surface area contributed by atoms with Crippen LogP contribution in [0.1, 0.15) is 11.1 Å². The molecule has 0 saturated heterocycles. The van der Waals surface area contributed by atoms with Crippen molar-refractivity contribution in [3.63, 3.8) is 0 Å². The second-order valence-electron chi connectivity index (χ2n) is 5.53. The van der Waals surface area contributed by atoms with E-state index in [4.69, 9.17) is 16.3 Å². The first kappa shape index (κ1) is 16.2. The minimum Gasteiger partial charge on any atom is -0.425 e. The molecule has 0 N–H and O–H groups in total. The standard InChI is InChI=1S/C18H15ClN2O3/c1-11-7-13(8-12(2)18(11)19)24-17(23)10-21-15-6-4-3-5-14(15)16(22)9-20-21/h3-9H,10H2,1-2H3. The minimum absolute atomic E-state index is 0.0957. The summed E-state index contributed by atoms with van der Waals surface area (Å²) in [6.07, 6.45) is 1.20. The van der Waals surface area contributed by atoms with Gasteiger partial charge in [0.15, 0.2) is 0 Å². The fraction of sp³-hybridized carbons (Fsp3) is 0.167. The van der Waals surface area contributed by atoms with E-state index in [0.717, 1.165) is 11.1 Å². The Morgan fingerprint density at radius 1 is 1.21 bits per heavy atom. The third-order valence-electron chi connectivity index (χ3n) is 3.68. The number of hydrogen-bond acceptors (Lipinski definition) is 4. The second kappa shape index (κ2) is 6.45. The van der Waals surface area contributed by atoms with E-state index in [1.807, 2.05) is 13.8 Å². The van der Waals surface area contributed by atoms with E-state index in [9.17, 15) is 9.59 Å². The highest BCUT2D eigenvalue weighted by Crippen LogP contribution is 2.26. The number of esters is 1. The SMILES string of the molecule is Cc1cc(OC(=O)Cn2ncc(=O)c3ccccc32)cc(C)c1Cl. The summed E-state index contributed by atoms with van der Waals surface area (Å²) in [5, 5.41) is 5.19. The van der Waals surface area contributed by atoms with Gasteiger partial charge in [0.2, 0.25) is 5.43 Å². The molecule has 0 atom stereocenters. The van der Waals surface area contributed by atoms with Crippen molar-refractivity contribution in [2.75, 3.05) is 0 Å². The number of nitrogens with zero attached hydrogens (tertiary/aromatic N) is 2. The van der Waals surface area contributed by atoms with Crippen LogP contribution in [0.2, 0.25) is 5.02 Å². The van der Waals surface area contributed by atoms with Crippen LogP contribution in [0.25, 0.3) is 10.9 Å². The van der Waals surface area contributed by atoms with Gasteiger partial charge in [-0.25, -0.2) is 4.79 Å². The largest absolute Gasteiger partial charge is 0.425 e. The predicted molar refractivity (Wildman–Crippen MR) is 92.6 cm³/mol. The highest BCUT2D eigenvalue weighted by Gasteiger charge is 2.11. The van der Waals surface area contributed by atoms with E-state index >= 15 is 0 Å². The summed E-state index contributed by atoms with van der Waals surface area (Å²) in [6.45, 7) is 3.61. The fourth-order valence-corrected chi connectivity index (χ4v) is 2.65. The number of carbonyl (C=O) groups excluding carboxylic acids is 1. The lowest BCUT2D eigenvalue weighted by Gasteiger charge is -2.11. The van der Waals surface area contributed by atoms with Crippen molar-refractivity contribution in [2.24, 2.45) is 0 Å². The molecule has 1 aromatic heterocycles. The molecule has 3 rings (SSSR count). The lowest BCUT2D eigenvalue weighted by Crippen LogP contribution is -2.21. The molecule has 1 heterocycles. The van der Waals surface area contributed by atoms with Crippen LogP contribution in [-0.2, 0) is 11.3 Å². The van der Waals surface area contributed by atoms with Gasteiger partial charge in [0.05, 0.1) is 11.7 Å². The van der Waals surface area contributed by atoms with Crippen LogP contribution in [0, 0.1) is 13.8 Å². The summed E-state index contributed by atoms with van der Waals surface area (Å²) in [7, 11) is 0. The number of para-hydroxylation sites is 1. The predicted octanol–water partition coefficient (Wildman–Crippen LogP) is 3.27. The summed E-state index contributed by atoms with van der Waals surface area (Å²) in [4.78, 5) is 24.0. The number of aromatic nitrogens is 2. The summed E-state index contributed by atoms with van der Waals surface area (Å²) in [5.41, 5.74) is 2.09. The first-order valence-corrected chi connectivity index (χ1v) is 7.76. The molecule has 0 unspecified atom stereocenters. The first-order chi connectivity index (χ1) is 11.5. The van der Waals surface area contributed by atoms with Gasteiger partial charge in [-0.15, -0.1) is 0 Å². The van der Waals surface area contributed by atoms with Gasteiger partial charge >= 0.3 is 5.97 Å². The Bertz CT molecular complexity index is 972. The van der Waals surface area contributed by atoms with Crippen LogP contribution in [0.5, 0.6) is 5.75 Å². The van der Waals surface area contributed by atoms with Gasteiger partial charge < -0.3 is 4.74 Å². The normalized spacial score (nSPS) is 10.8. The van der Waals surface area contributed by atoms with E-state index in [-0.39, 0.29) is 12.0 Å². The number of halogens is 1. The third kappa shape index (κ3) is 3.16. The first-order valence-electron chi connectivity index (χ1n) is 7.38. The summed E-state index contributed by atoms with van der Waals surface area (Å²) in [6, 6.07) is 10.4. The number of benzene rings is 2. The van der Waals surface area contributed by atoms with Crippen molar-refractivity contribution in [3.8, 4) is 5.75 Å². The summed E-state index contributed by atoms with van der Waals surface area (Å²) in [5.74, 6) is -0.0397. The van der Waals surface area contributed by atoms with Crippen molar-refractivity contribution in [2.45, 2.75) is 20.4 Å². The Balaban J connectivity index is 1.86. The Morgan fingerprint density at radius 3 is 2.58 bits per heavy atom. The van der Waals surface area contributed by atoms with Gasteiger partial charge in [-0.05, 0) is 49.2 Å². The number of aryl methyl sites for hydroxylation is 2. The number of fused-ring (bicyclic) bond motifs is 1. The van der Waals surface area contributed by atoms with E-state index < -0.39 is 5.97 Å². The number of ether oxygens (including phenoxy) is 1. The Labute approximate surface area is 143 Å². The summed E-state index contributed by atoms with van der Waals surface area (Å²) >= 11 is 6.11. The maximum atomic E-state index is 12.2. The third-order valence-corrected chi connectivity index (χ3v) is 4.28. The van der Waals surface area contributed by atoms with Crippen LogP contribution in [-0.4, -0.2) is 15.7 Å². The molecule has 0 radical (unpaired) electrons. The fourth-order valence-electron chi connectivity index (χ4n) is 2.54. The number of rotatable bonds is 3. The lowest BCUT2D eigenvalue weighted by atomic mass is 10.1. The van der Waals surface area contributed by atoms with Crippen molar-refractivity contribution >= 4 is 28.5 Å². The molecule has 0 aliphatic heterocycles. The molecule has 0 fully saturated rings. The molecular formula is C18H15ClN2O3. The zero-order valence-electron chi connectivity index (χ0n) is 13.2. The average molecular weight is 343 g/mol. The monoisotopic (exact) mass is 342 g/mol. The molecule has 0 spiro atoms. The molecule has 0 aliphatic rings. The molecule has 6 heteroatoms. The van der Waals surface area contributed by atoms with E-state index in [0.29, 0.717) is 21.7 Å². The van der Waals surface area contributed by atoms with Crippen LogP contribution in [0.4, 0.5) is 0 Å². The molecule has 5 nitrogen and oxygen atoms in total. The zero-order chi connectivity index (χ0) is 17.3. The van der Waals surface area contributed by atoms with E-state index in [1.54, 1.807) is 36.4 Å². The quantitative estimate of drug-likeness (QED) is 0.541. The van der Waals surface area contributed by atoms with Gasteiger partial charge in [-0.3, -0.25) is 9.48 Å². The van der Waals surface area contributed by atoms with Crippen LogP contribution in [0.3, 0.4) is 0 Å². The smallest absolute Gasteiger partial charge is 0.333 e. The highest BCUT2D eigenvalue weighted by molar-refractivity contribution is 6.32. The lowest BCUT2D eigenvalue weighted by molar-refractivity contribution is -0.135. The van der Waals surface area contributed by atoms with E-state index in [1.165, 1.54) is 10.9 Å². The second-order valence-corrected chi connectivity index (χ2v) is 5.91. The van der Waals surface area contributed by atoms with Crippen molar-refractivity contribution in [3.05, 3.63) is 69.0 Å². The maximum absolute atomic E-state index is 12.2. The molecule has 122 valence electrons. The van der Waals surface area contributed by atoms with E-state index in [2.05, 4.69) is 5.10 Å². The van der Waals surface area contributed by atoms with Gasteiger partial charge in [-0.1, -0.05) is 23.7 Å².